The van der Waals surface area contributed by atoms with Gasteiger partial charge in [-0.1, -0.05) is 60.7 Å². The van der Waals surface area contributed by atoms with Crippen molar-refractivity contribution in [2.45, 2.75) is 0 Å². The van der Waals surface area contributed by atoms with Gasteiger partial charge in [0, 0.05) is 53.8 Å². The number of rotatable bonds is 6. The molecule has 8 nitrogen and oxygen atoms in total. The molecule has 1 aromatic heterocycles. The van der Waals surface area contributed by atoms with E-state index in [0.29, 0.717) is 48.8 Å². The molecule has 0 amide bonds. The average molecular weight is 479 g/mol. The van der Waals surface area contributed by atoms with Crippen molar-refractivity contribution >= 4 is 23.5 Å². The molecule has 0 unspecified atom stereocenters. The van der Waals surface area contributed by atoms with Crippen LogP contribution in [0.5, 0.6) is 0 Å². The summed E-state index contributed by atoms with van der Waals surface area (Å²) in [6.45, 7) is 2.48. The maximum Gasteiger partial charge on any atom is 0.270 e. The van der Waals surface area contributed by atoms with Crippen LogP contribution in [-0.4, -0.2) is 37.4 Å². The Morgan fingerprint density at radius 1 is 0.972 bits per heavy atom. The number of anilines is 1. The number of benzene rings is 3. The molecule has 0 radical (unpaired) electrons. The summed E-state index contributed by atoms with van der Waals surface area (Å²) in [6.07, 6.45) is 1.53. The molecule has 1 fully saturated rings. The van der Waals surface area contributed by atoms with Crippen LogP contribution in [0.4, 0.5) is 17.3 Å². The number of furan rings is 1. The predicted octanol–water partition coefficient (Wildman–Crippen LogP) is 5.98. The van der Waals surface area contributed by atoms with Gasteiger partial charge in [0.2, 0.25) is 5.88 Å². The topological polar surface area (TPSA) is 105 Å². The van der Waals surface area contributed by atoms with E-state index in [1.54, 1.807) is 6.07 Å². The number of nitro groups is 1. The van der Waals surface area contributed by atoms with E-state index in [1.165, 1.54) is 18.3 Å². The maximum atomic E-state index is 11.4. The van der Waals surface area contributed by atoms with Gasteiger partial charge in [-0.2, -0.15) is 5.26 Å². The second-order valence-corrected chi connectivity index (χ2v) is 8.19. The summed E-state index contributed by atoms with van der Waals surface area (Å²) in [7, 11) is 0. The molecule has 0 bridgehead atoms. The highest BCUT2D eigenvalue weighted by Crippen LogP contribution is 2.42. The van der Waals surface area contributed by atoms with Gasteiger partial charge in [0.1, 0.15) is 17.4 Å². The standard InChI is InChI=1S/C28H22N4O4/c29-18-24-26(20-7-3-1-4-8-20)27(21-9-5-2-6-10-21)36-28(24)30-19-22-17-23(32(33)34)11-12-25(22)31-13-15-35-16-14-31/h1-12,17,19H,13-16H2/b30-19+. The smallest absolute Gasteiger partial charge is 0.270 e. The van der Waals surface area contributed by atoms with E-state index >= 15 is 0 Å². The highest BCUT2D eigenvalue weighted by atomic mass is 16.6. The van der Waals surface area contributed by atoms with Crippen LogP contribution in [0.15, 0.2) is 88.3 Å². The van der Waals surface area contributed by atoms with Crippen molar-refractivity contribution in [1.29, 1.82) is 5.26 Å². The molecule has 36 heavy (non-hydrogen) atoms. The molecule has 0 N–H and O–H groups in total. The van der Waals surface area contributed by atoms with Crippen LogP contribution in [0.25, 0.3) is 22.5 Å². The zero-order valence-electron chi connectivity index (χ0n) is 19.3. The first-order valence-corrected chi connectivity index (χ1v) is 11.5. The van der Waals surface area contributed by atoms with Gasteiger partial charge in [0.15, 0.2) is 0 Å². The van der Waals surface area contributed by atoms with E-state index in [1.807, 2.05) is 60.7 Å². The summed E-state index contributed by atoms with van der Waals surface area (Å²) >= 11 is 0. The van der Waals surface area contributed by atoms with E-state index in [4.69, 9.17) is 9.15 Å². The number of nitrogens with zero attached hydrogens (tertiary/aromatic N) is 4. The minimum absolute atomic E-state index is 0.0386. The third kappa shape index (κ3) is 4.60. The van der Waals surface area contributed by atoms with Crippen LogP contribution < -0.4 is 4.90 Å². The molecule has 178 valence electrons. The van der Waals surface area contributed by atoms with Gasteiger partial charge >= 0.3 is 0 Å². The van der Waals surface area contributed by atoms with Crippen LogP contribution in [0.3, 0.4) is 0 Å². The molecule has 4 aromatic rings. The quantitative estimate of drug-likeness (QED) is 0.192. The van der Waals surface area contributed by atoms with Crippen molar-refractivity contribution in [1.82, 2.24) is 0 Å². The SMILES string of the molecule is N#Cc1c(/N=C/c2cc([N+](=O)[O-])ccc2N2CCOCC2)oc(-c2ccccc2)c1-c1ccccc1. The second kappa shape index (κ2) is 10.3. The first-order chi connectivity index (χ1) is 17.7. The molecule has 1 aliphatic heterocycles. The van der Waals surface area contributed by atoms with Gasteiger partial charge in [0.25, 0.3) is 5.69 Å². The van der Waals surface area contributed by atoms with Crippen LogP contribution in [0.1, 0.15) is 11.1 Å². The Hall–Kier alpha value is -4.74. The van der Waals surface area contributed by atoms with E-state index in [9.17, 15) is 15.4 Å². The lowest BCUT2D eigenvalue weighted by Crippen LogP contribution is -2.36. The largest absolute Gasteiger partial charge is 0.436 e. The molecule has 0 atom stereocenters. The molecule has 1 aliphatic rings. The Kier molecular flexibility index (Phi) is 6.56. The van der Waals surface area contributed by atoms with Crippen molar-refractivity contribution in [2.75, 3.05) is 31.2 Å². The van der Waals surface area contributed by atoms with E-state index in [-0.39, 0.29) is 11.6 Å². The van der Waals surface area contributed by atoms with Gasteiger partial charge in [0.05, 0.1) is 18.1 Å². The number of nitro benzene ring substituents is 1. The van der Waals surface area contributed by atoms with Crippen LogP contribution in [0, 0.1) is 21.4 Å². The first kappa shape index (κ1) is 23.0. The van der Waals surface area contributed by atoms with E-state index in [2.05, 4.69) is 16.0 Å². The van der Waals surface area contributed by atoms with E-state index in [0.717, 1.165) is 16.8 Å². The summed E-state index contributed by atoms with van der Waals surface area (Å²) in [6, 6.07) is 26.0. The third-order valence-corrected chi connectivity index (χ3v) is 5.99. The van der Waals surface area contributed by atoms with Crippen molar-refractivity contribution in [3.63, 3.8) is 0 Å². The molecule has 2 heterocycles. The fraction of sp³-hybridized carbons (Fsp3) is 0.143. The van der Waals surface area contributed by atoms with Gasteiger partial charge < -0.3 is 14.1 Å². The zero-order chi connectivity index (χ0) is 24.9. The average Bonchev–Trinajstić information content (AvgIpc) is 3.31. The minimum Gasteiger partial charge on any atom is -0.436 e. The third-order valence-electron chi connectivity index (χ3n) is 5.99. The van der Waals surface area contributed by atoms with Crippen LogP contribution >= 0.6 is 0 Å². The van der Waals surface area contributed by atoms with Gasteiger partial charge in [-0.15, -0.1) is 0 Å². The minimum atomic E-state index is -0.435. The monoisotopic (exact) mass is 478 g/mol. The fourth-order valence-electron chi connectivity index (χ4n) is 4.27. The first-order valence-electron chi connectivity index (χ1n) is 11.5. The lowest BCUT2D eigenvalue weighted by molar-refractivity contribution is -0.384. The normalized spacial score (nSPS) is 13.6. The summed E-state index contributed by atoms with van der Waals surface area (Å²) in [4.78, 5) is 17.7. The number of nitriles is 1. The number of non-ortho nitro benzene ring substituents is 1. The highest BCUT2D eigenvalue weighted by Gasteiger charge is 2.23. The predicted molar refractivity (Wildman–Crippen MR) is 138 cm³/mol. The summed E-state index contributed by atoms with van der Waals surface area (Å²) in [5.41, 5.74) is 3.95. The molecule has 0 spiro atoms. The summed E-state index contributed by atoms with van der Waals surface area (Å²) in [5.74, 6) is 0.688. The molecule has 3 aromatic carbocycles. The summed E-state index contributed by atoms with van der Waals surface area (Å²) in [5, 5.41) is 21.5. The lowest BCUT2D eigenvalue weighted by Gasteiger charge is -2.29. The number of hydrogen-bond donors (Lipinski definition) is 0. The van der Waals surface area contributed by atoms with Crippen LogP contribution in [-0.2, 0) is 4.74 Å². The van der Waals surface area contributed by atoms with Gasteiger partial charge in [-0.05, 0) is 11.6 Å². The van der Waals surface area contributed by atoms with Crippen molar-refractivity contribution in [3.05, 3.63) is 100 Å². The van der Waals surface area contributed by atoms with E-state index < -0.39 is 4.92 Å². The Labute approximate surface area is 207 Å². The van der Waals surface area contributed by atoms with Crippen molar-refractivity contribution < 1.29 is 14.1 Å². The Morgan fingerprint density at radius 2 is 1.64 bits per heavy atom. The zero-order valence-corrected chi connectivity index (χ0v) is 19.3. The van der Waals surface area contributed by atoms with Gasteiger partial charge in [-0.25, -0.2) is 4.99 Å². The molecular formula is C28H22N4O4. The van der Waals surface area contributed by atoms with Crippen molar-refractivity contribution in [3.8, 4) is 28.5 Å². The number of ether oxygens (including phenoxy) is 1. The Bertz CT molecular complexity index is 1450. The summed E-state index contributed by atoms with van der Waals surface area (Å²) < 4.78 is 11.6. The molecule has 8 heteroatoms. The Morgan fingerprint density at radius 3 is 2.28 bits per heavy atom. The second-order valence-electron chi connectivity index (χ2n) is 8.19. The number of aliphatic imine (C=N–C) groups is 1. The van der Waals surface area contributed by atoms with Crippen LogP contribution in [0.2, 0.25) is 0 Å². The lowest BCUT2D eigenvalue weighted by atomic mass is 9.98. The molecule has 5 rings (SSSR count). The molecule has 0 aliphatic carbocycles. The number of hydrogen-bond acceptors (Lipinski definition) is 7. The highest BCUT2D eigenvalue weighted by molar-refractivity contribution is 5.93. The maximum absolute atomic E-state index is 11.4. The van der Waals surface area contributed by atoms with Gasteiger partial charge in [-0.3, -0.25) is 10.1 Å². The van der Waals surface area contributed by atoms with Crippen molar-refractivity contribution in [2.24, 2.45) is 4.99 Å². The fourth-order valence-corrected chi connectivity index (χ4v) is 4.27. The molecule has 0 saturated carbocycles. The molecule has 1 saturated heterocycles. The number of morpholine rings is 1. The Balaban J connectivity index is 1.63. The molecular weight excluding hydrogens is 456 g/mol.